The fourth-order valence-electron chi connectivity index (χ4n) is 5.24. The third-order valence-corrected chi connectivity index (χ3v) is 7.71. The minimum absolute atomic E-state index is 0.0693. The van der Waals surface area contributed by atoms with Gasteiger partial charge in [-0.1, -0.05) is 19.8 Å². The molecule has 0 aromatic heterocycles. The van der Waals surface area contributed by atoms with E-state index in [1.165, 1.54) is 12.8 Å². The van der Waals surface area contributed by atoms with Gasteiger partial charge in [0, 0.05) is 51.6 Å². The predicted octanol–water partition coefficient (Wildman–Crippen LogP) is 3.97. The van der Waals surface area contributed by atoms with Crippen LogP contribution in [0.2, 0.25) is 0 Å². The molecule has 2 N–H and O–H groups in total. The number of ether oxygens (including phenoxy) is 2. The summed E-state index contributed by atoms with van der Waals surface area (Å²) in [5, 5.41) is 5.94. The average Bonchev–Trinajstić information content (AvgIpc) is 3.51. The number of fused-ring (bicyclic) bond motifs is 1. The van der Waals surface area contributed by atoms with Crippen molar-refractivity contribution in [3.63, 3.8) is 0 Å². The van der Waals surface area contributed by atoms with Gasteiger partial charge >= 0.3 is 6.03 Å². The Labute approximate surface area is 209 Å². The highest BCUT2D eigenvalue weighted by Crippen LogP contribution is 2.32. The SMILES string of the molecule is CO[C@@H]1CN(C)C(=O)c2cc(NC(=O)NC3CCCC3)ccc2OC[C@H](C)N(CC2CC2)C[C@@H]1C. The minimum atomic E-state index is -0.232. The van der Waals surface area contributed by atoms with Crippen LogP contribution in [-0.2, 0) is 4.74 Å². The molecule has 3 aliphatic rings. The Balaban J connectivity index is 1.54. The van der Waals surface area contributed by atoms with Crippen molar-refractivity contribution in [2.75, 3.05) is 45.7 Å². The highest BCUT2D eigenvalue weighted by molar-refractivity contribution is 5.99. The van der Waals surface area contributed by atoms with E-state index in [9.17, 15) is 9.59 Å². The number of amides is 3. The van der Waals surface area contributed by atoms with E-state index in [1.807, 2.05) is 0 Å². The molecule has 1 heterocycles. The first-order valence-electron chi connectivity index (χ1n) is 13.2. The van der Waals surface area contributed by atoms with Crippen molar-refractivity contribution in [1.29, 1.82) is 0 Å². The summed E-state index contributed by atoms with van der Waals surface area (Å²) in [4.78, 5) is 30.2. The van der Waals surface area contributed by atoms with Gasteiger partial charge < -0.3 is 25.0 Å². The van der Waals surface area contributed by atoms with E-state index in [4.69, 9.17) is 9.47 Å². The molecule has 3 amide bonds. The Morgan fingerprint density at radius 3 is 2.57 bits per heavy atom. The lowest BCUT2D eigenvalue weighted by molar-refractivity contribution is 0.00994. The number of carbonyl (C=O) groups is 2. The van der Waals surface area contributed by atoms with Crippen LogP contribution in [0.15, 0.2) is 18.2 Å². The topological polar surface area (TPSA) is 83.1 Å². The van der Waals surface area contributed by atoms with E-state index in [2.05, 4.69) is 29.4 Å². The van der Waals surface area contributed by atoms with Crippen molar-refractivity contribution in [1.82, 2.24) is 15.1 Å². The first-order chi connectivity index (χ1) is 16.8. The number of methoxy groups -OCH3 is 1. The molecule has 1 aromatic rings. The summed E-state index contributed by atoms with van der Waals surface area (Å²) >= 11 is 0. The molecule has 0 saturated heterocycles. The number of nitrogens with one attached hydrogen (secondary N) is 2. The van der Waals surface area contributed by atoms with Gasteiger partial charge in [-0.05, 0) is 62.6 Å². The van der Waals surface area contributed by atoms with Crippen LogP contribution in [0.25, 0.3) is 0 Å². The molecule has 2 aliphatic carbocycles. The van der Waals surface area contributed by atoms with Gasteiger partial charge in [0.25, 0.3) is 5.91 Å². The largest absolute Gasteiger partial charge is 0.491 e. The zero-order valence-electron chi connectivity index (χ0n) is 21.7. The minimum Gasteiger partial charge on any atom is -0.491 e. The molecule has 0 spiro atoms. The summed E-state index contributed by atoms with van der Waals surface area (Å²) < 4.78 is 12.1. The van der Waals surface area contributed by atoms with Gasteiger partial charge in [0.1, 0.15) is 12.4 Å². The van der Waals surface area contributed by atoms with Crippen molar-refractivity contribution >= 4 is 17.6 Å². The quantitative estimate of drug-likeness (QED) is 0.658. The van der Waals surface area contributed by atoms with Crippen LogP contribution in [0.4, 0.5) is 10.5 Å². The van der Waals surface area contributed by atoms with Crippen LogP contribution in [0.1, 0.15) is 62.7 Å². The Morgan fingerprint density at radius 1 is 1.14 bits per heavy atom. The summed E-state index contributed by atoms with van der Waals surface area (Å²) in [5.41, 5.74) is 1.03. The normalized spacial score (nSPS) is 26.9. The number of hydrogen-bond donors (Lipinski definition) is 2. The first-order valence-corrected chi connectivity index (χ1v) is 13.2. The molecule has 2 fully saturated rings. The number of carbonyl (C=O) groups excluding carboxylic acids is 2. The highest BCUT2D eigenvalue weighted by Gasteiger charge is 2.31. The Bertz CT molecular complexity index is 884. The van der Waals surface area contributed by atoms with E-state index >= 15 is 0 Å². The maximum atomic E-state index is 13.5. The highest BCUT2D eigenvalue weighted by atomic mass is 16.5. The fraction of sp³-hybridized carbons (Fsp3) is 0.704. The second kappa shape index (κ2) is 11.6. The van der Waals surface area contributed by atoms with Crippen LogP contribution in [0.3, 0.4) is 0 Å². The number of urea groups is 1. The number of rotatable bonds is 5. The molecule has 4 rings (SSSR count). The molecule has 194 valence electrons. The smallest absolute Gasteiger partial charge is 0.319 e. The molecule has 35 heavy (non-hydrogen) atoms. The van der Waals surface area contributed by atoms with E-state index in [0.29, 0.717) is 30.2 Å². The number of likely N-dealkylation sites (N-methyl/N-ethyl adjacent to an activating group) is 1. The van der Waals surface area contributed by atoms with Crippen molar-refractivity contribution in [3.05, 3.63) is 23.8 Å². The third-order valence-electron chi connectivity index (χ3n) is 7.71. The number of anilines is 1. The van der Waals surface area contributed by atoms with Gasteiger partial charge in [0.2, 0.25) is 0 Å². The fourth-order valence-corrected chi connectivity index (χ4v) is 5.24. The van der Waals surface area contributed by atoms with Crippen molar-refractivity contribution in [3.8, 4) is 5.75 Å². The van der Waals surface area contributed by atoms with Gasteiger partial charge in [-0.15, -0.1) is 0 Å². The summed E-state index contributed by atoms with van der Waals surface area (Å²) in [6.45, 7) is 7.36. The molecule has 1 aliphatic heterocycles. The third kappa shape index (κ3) is 6.88. The number of benzene rings is 1. The van der Waals surface area contributed by atoms with Crippen LogP contribution in [0, 0.1) is 11.8 Å². The van der Waals surface area contributed by atoms with Crippen LogP contribution in [-0.4, -0.2) is 80.3 Å². The maximum absolute atomic E-state index is 13.5. The Hall–Kier alpha value is -2.32. The maximum Gasteiger partial charge on any atom is 0.319 e. The molecule has 8 nitrogen and oxygen atoms in total. The molecule has 0 bridgehead atoms. The van der Waals surface area contributed by atoms with Crippen molar-refractivity contribution in [2.45, 2.75) is 70.6 Å². The van der Waals surface area contributed by atoms with Crippen LogP contribution >= 0.6 is 0 Å². The van der Waals surface area contributed by atoms with Gasteiger partial charge in [-0.25, -0.2) is 4.79 Å². The van der Waals surface area contributed by atoms with Gasteiger partial charge in [-0.3, -0.25) is 9.69 Å². The zero-order valence-corrected chi connectivity index (χ0v) is 21.7. The summed E-state index contributed by atoms with van der Waals surface area (Å²) in [7, 11) is 3.52. The number of nitrogens with zero attached hydrogens (tertiary/aromatic N) is 2. The van der Waals surface area contributed by atoms with E-state index in [-0.39, 0.29) is 36.0 Å². The lowest BCUT2D eigenvalue weighted by Gasteiger charge is -2.36. The summed E-state index contributed by atoms with van der Waals surface area (Å²) in [5.74, 6) is 1.45. The van der Waals surface area contributed by atoms with Crippen molar-refractivity contribution in [2.24, 2.45) is 11.8 Å². The molecule has 1 aromatic carbocycles. The predicted molar refractivity (Wildman–Crippen MR) is 137 cm³/mol. The standard InChI is InChI=1S/C27H42N4O4/c1-18-14-31(15-20-9-10-20)19(2)17-35-24-12-11-22(29-27(33)28-21-7-5-6-8-21)13-23(24)26(32)30(3)16-25(18)34-4/h11-13,18-21,25H,5-10,14-17H2,1-4H3,(H2,28,29,33)/t18-,19-,25+/m0/s1. The molecule has 8 heteroatoms. The zero-order chi connectivity index (χ0) is 24.9. The average molecular weight is 487 g/mol. The van der Waals surface area contributed by atoms with Crippen LogP contribution < -0.4 is 15.4 Å². The van der Waals surface area contributed by atoms with Gasteiger partial charge in [0.05, 0.1) is 11.7 Å². The molecule has 0 unspecified atom stereocenters. The Morgan fingerprint density at radius 2 is 1.89 bits per heavy atom. The molecule has 0 radical (unpaired) electrons. The van der Waals surface area contributed by atoms with Crippen LogP contribution in [0.5, 0.6) is 5.75 Å². The second-order valence-electron chi connectivity index (χ2n) is 10.8. The molecule has 3 atom stereocenters. The van der Waals surface area contributed by atoms with Crippen molar-refractivity contribution < 1.29 is 19.1 Å². The van der Waals surface area contributed by atoms with Gasteiger partial charge in [0.15, 0.2) is 0 Å². The Kier molecular flexibility index (Phi) is 8.55. The summed E-state index contributed by atoms with van der Waals surface area (Å²) in [6, 6.07) is 5.54. The van der Waals surface area contributed by atoms with E-state index in [0.717, 1.165) is 44.7 Å². The van der Waals surface area contributed by atoms with Gasteiger partial charge in [-0.2, -0.15) is 0 Å². The van der Waals surface area contributed by atoms with E-state index in [1.54, 1.807) is 37.3 Å². The first kappa shape index (κ1) is 25.8. The van der Waals surface area contributed by atoms with E-state index < -0.39 is 0 Å². The molecular weight excluding hydrogens is 444 g/mol. The second-order valence-corrected chi connectivity index (χ2v) is 10.8. The number of hydrogen-bond acceptors (Lipinski definition) is 5. The molecular formula is C27H42N4O4. The lowest BCUT2D eigenvalue weighted by atomic mass is 10.0. The molecule has 2 saturated carbocycles. The lowest BCUT2D eigenvalue weighted by Crippen LogP contribution is -2.47. The summed E-state index contributed by atoms with van der Waals surface area (Å²) in [6.07, 6.45) is 6.87. The monoisotopic (exact) mass is 486 g/mol.